The number of hydrogen-bond acceptors (Lipinski definition) is 4. The van der Waals surface area contributed by atoms with E-state index < -0.39 is 5.37 Å². The molecule has 0 saturated carbocycles. The Morgan fingerprint density at radius 2 is 2.00 bits per heavy atom. The minimum atomic E-state index is -0.410. The van der Waals surface area contributed by atoms with Crippen molar-refractivity contribution in [2.75, 3.05) is 7.05 Å². The normalized spacial score (nSPS) is 20.2. The van der Waals surface area contributed by atoms with Gasteiger partial charge in [0.2, 0.25) is 0 Å². The van der Waals surface area contributed by atoms with Crippen LogP contribution in [-0.4, -0.2) is 28.5 Å². The van der Waals surface area contributed by atoms with Gasteiger partial charge in [-0.25, -0.2) is 0 Å². The van der Waals surface area contributed by atoms with Crippen LogP contribution in [0, 0.1) is 0 Å². The summed E-state index contributed by atoms with van der Waals surface area (Å²) < 4.78 is 0. The number of carbonyl (C=O) groups is 2. The topological polar surface area (TPSA) is 49.4 Å². The fraction of sp³-hybridized carbons (Fsp3) is 0.273. The Bertz CT molecular complexity index is 408. The van der Waals surface area contributed by atoms with Crippen LogP contribution >= 0.6 is 11.8 Å². The smallest absolute Gasteiger partial charge is 0.285 e. The second-order valence-electron chi connectivity index (χ2n) is 3.65. The van der Waals surface area contributed by atoms with Gasteiger partial charge in [-0.05, 0) is 24.4 Å². The first-order chi connectivity index (χ1) is 7.66. The lowest BCUT2D eigenvalue weighted by atomic mass is 10.2. The fourth-order valence-corrected chi connectivity index (χ4v) is 2.37. The number of nitrogens with one attached hydrogen (secondary N) is 1. The molecule has 4 nitrogen and oxygen atoms in total. The van der Waals surface area contributed by atoms with Crippen molar-refractivity contribution in [2.45, 2.75) is 11.9 Å². The van der Waals surface area contributed by atoms with Crippen molar-refractivity contribution < 1.29 is 9.59 Å². The number of likely N-dealkylation sites (N-methyl/N-ethyl adjacent to an activating group) is 1. The van der Waals surface area contributed by atoms with Crippen molar-refractivity contribution in [3.8, 4) is 0 Å². The molecule has 1 unspecified atom stereocenters. The van der Waals surface area contributed by atoms with Crippen LogP contribution in [0.3, 0.4) is 0 Å². The molecule has 16 heavy (non-hydrogen) atoms. The Morgan fingerprint density at radius 1 is 1.31 bits per heavy atom. The van der Waals surface area contributed by atoms with Crippen molar-refractivity contribution in [1.82, 2.24) is 10.2 Å². The summed E-state index contributed by atoms with van der Waals surface area (Å²) in [6.07, 6.45) is 0. The largest absolute Gasteiger partial charge is 0.287 e. The van der Waals surface area contributed by atoms with Gasteiger partial charge in [-0.3, -0.25) is 19.8 Å². The van der Waals surface area contributed by atoms with Crippen LogP contribution in [0.15, 0.2) is 30.3 Å². The molecular formula is C11H12N2O2S. The van der Waals surface area contributed by atoms with E-state index in [0.29, 0.717) is 6.54 Å². The van der Waals surface area contributed by atoms with Gasteiger partial charge in [-0.15, -0.1) is 0 Å². The maximum atomic E-state index is 11.4. The second kappa shape index (κ2) is 4.67. The van der Waals surface area contributed by atoms with E-state index >= 15 is 0 Å². The molecule has 1 atom stereocenters. The Labute approximate surface area is 98.0 Å². The molecule has 1 saturated heterocycles. The van der Waals surface area contributed by atoms with Crippen LogP contribution in [0.2, 0.25) is 0 Å². The van der Waals surface area contributed by atoms with Gasteiger partial charge in [-0.1, -0.05) is 30.3 Å². The molecule has 0 spiro atoms. The first-order valence-corrected chi connectivity index (χ1v) is 5.80. The van der Waals surface area contributed by atoms with Gasteiger partial charge >= 0.3 is 0 Å². The predicted molar refractivity (Wildman–Crippen MR) is 62.8 cm³/mol. The highest BCUT2D eigenvalue weighted by Gasteiger charge is 2.34. The molecule has 1 aromatic rings. The van der Waals surface area contributed by atoms with Gasteiger partial charge in [0, 0.05) is 6.54 Å². The number of nitrogens with zero attached hydrogens (tertiary/aromatic N) is 1. The molecule has 0 aliphatic carbocycles. The van der Waals surface area contributed by atoms with Crippen molar-refractivity contribution in [2.24, 2.45) is 0 Å². The zero-order valence-corrected chi connectivity index (χ0v) is 9.66. The van der Waals surface area contributed by atoms with E-state index in [0.717, 1.165) is 17.3 Å². The third-order valence-corrected chi connectivity index (χ3v) is 3.46. The van der Waals surface area contributed by atoms with Crippen LogP contribution < -0.4 is 5.32 Å². The average Bonchev–Trinajstić information content (AvgIpc) is 2.59. The minimum Gasteiger partial charge on any atom is -0.285 e. The molecule has 1 heterocycles. The van der Waals surface area contributed by atoms with Gasteiger partial charge in [0.15, 0.2) is 0 Å². The summed E-state index contributed by atoms with van der Waals surface area (Å²) in [6, 6.07) is 9.85. The molecule has 2 amide bonds. The van der Waals surface area contributed by atoms with Crippen molar-refractivity contribution in [3.63, 3.8) is 0 Å². The molecule has 0 aromatic heterocycles. The first-order valence-electron chi connectivity index (χ1n) is 4.92. The minimum absolute atomic E-state index is 0.228. The maximum Gasteiger partial charge on any atom is 0.287 e. The molecule has 5 heteroatoms. The molecule has 0 radical (unpaired) electrons. The van der Waals surface area contributed by atoms with Gasteiger partial charge < -0.3 is 0 Å². The quantitative estimate of drug-likeness (QED) is 0.862. The van der Waals surface area contributed by atoms with E-state index in [2.05, 4.69) is 5.32 Å². The Kier molecular flexibility index (Phi) is 3.26. The van der Waals surface area contributed by atoms with Crippen molar-refractivity contribution in [3.05, 3.63) is 35.9 Å². The monoisotopic (exact) mass is 236 g/mol. The zero-order valence-electron chi connectivity index (χ0n) is 8.84. The second-order valence-corrected chi connectivity index (χ2v) is 4.70. The van der Waals surface area contributed by atoms with Crippen LogP contribution in [0.1, 0.15) is 5.56 Å². The molecule has 1 aromatic carbocycles. The lowest BCUT2D eigenvalue weighted by Gasteiger charge is -2.20. The van der Waals surface area contributed by atoms with E-state index in [1.54, 1.807) is 0 Å². The summed E-state index contributed by atoms with van der Waals surface area (Å²) in [5.41, 5.74) is 1.12. The van der Waals surface area contributed by atoms with Gasteiger partial charge in [0.05, 0.1) is 0 Å². The number of thioether (sulfide) groups is 1. The summed E-state index contributed by atoms with van der Waals surface area (Å²) in [4.78, 5) is 24.3. The molecule has 1 fully saturated rings. The number of imide groups is 1. The van der Waals surface area contributed by atoms with E-state index in [1.807, 2.05) is 42.3 Å². The summed E-state index contributed by atoms with van der Waals surface area (Å²) in [5.74, 6) is -0.228. The third kappa shape index (κ3) is 2.43. The number of amides is 2. The van der Waals surface area contributed by atoms with E-state index in [-0.39, 0.29) is 11.1 Å². The molecule has 1 aliphatic rings. The highest BCUT2D eigenvalue weighted by atomic mass is 32.2. The van der Waals surface area contributed by atoms with Crippen LogP contribution in [0.25, 0.3) is 0 Å². The first kappa shape index (κ1) is 11.2. The number of rotatable bonds is 3. The highest BCUT2D eigenvalue weighted by Crippen LogP contribution is 2.22. The van der Waals surface area contributed by atoms with Crippen LogP contribution in [-0.2, 0) is 11.3 Å². The van der Waals surface area contributed by atoms with Gasteiger partial charge in [0.1, 0.15) is 5.37 Å². The summed E-state index contributed by atoms with van der Waals surface area (Å²) in [7, 11) is 1.84. The Morgan fingerprint density at radius 3 is 2.56 bits per heavy atom. The molecular weight excluding hydrogens is 224 g/mol. The average molecular weight is 236 g/mol. The predicted octanol–water partition coefficient (Wildman–Crippen LogP) is 1.43. The molecule has 84 valence electrons. The van der Waals surface area contributed by atoms with Gasteiger partial charge in [0.25, 0.3) is 11.1 Å². The highest BCUT2D eigenvalue weighted by molar-refractivity contribution is 8.15. The van der Waals surface area contributed by atoms with Gasteiger partial charge in [-0.2, -0.15) is 0 Å². The lowest BCUT2D eigenvalue weighted by Crippen LogP contribution is -2.36. The Balaban J connectivity index is 2.01. The van der Waals surface area contributed by atoms with E-state index in [1.165, 1.54) is 0 Å². The standard InChI is InChI=1S/C11H12N2O2S/c1-13(7-8-5-3-2-4-6-8)10-9(14)12-11(15)16-10/h2-6,10H,7H2,1H3,(H,12,14,15). The summed E-state index contributed by atoms with van der Waals surface area (Å²) in [5, 5.41) is 1.60. The number of benzene rings is 1. The number of carbonyl (C=O) groups excluding carboxylic acids is 2. The summed E-state index contributed by atoms with van der Waals surface area (Å²) >= 11 is 1.03. The van der Waals surface area contributed by atoms with Crippen molar-refractivity contribution >= 4 is 22.9 Å². The molecule has 2 rings (SSSR count). The van der Waals surface area contributed by atoms with Crippen LogP contribution in [0.5, 0.6) is 0 Å². The summed E-state index contributed by atoms with van der Waals surface area (Å²) in [6.45, 7) is 0.652. The lowest BCUT2D eigenvalue weighted by molar-refractivity contribution is -0.121. The SMILES string of the molecule is CN(Cc1ccccc1)C1SC(=O)NC1=O. The third-order valence-electron chi connectivity index (χ3n) is 2.34. The Hall–Kier alpha value is -1.33. The zero-order chi connectivity index (χ0) is 11.5. The van der Waals surface area contributed by atoms with Crippen LogP contribution in [0.4, 0.5) is 4.79 Å². The van der Waals surface area contributed by atoms with E-state index in [4.69, 9.17) is 0 Å². The molecule has 0 bridgehead atoms. The maximum absolute atomic E-state index is 11.4. The fourth-order valence-electron chi connectivity index (χ4n) is 1.59. The molecule has 1 aliphatic heterocycles. The van der Waals surface area contributed by atoms with Crippen molar-refractivity contribution in [1.29, 1.82) is 0 Å². The number of hydrogen-bond donors (Lipinski definition) is 1. The van der Waals surface area contributed by atoms with E-state index in [9.17, 15) is 9.59 Å². The molecule has 1 N–H and O–H groups in total.